The zero-order valence-corrected chi connectivity index (χ0v) is 15.5. The molecule has 3 nitrogen and oxygen atoms in total. The Hall–Kier alpha value is -1.81. The molecule has 0 amide bonds. The third kappa shape index (κ3) is 4.43. The number of rotatable bonds is 7. The van der Waals surface area contributed by atoms with Crippen molar-refractivity contribution in [3.8, 4) is 0 Å². The number of H-pyrrole nitrogens is 1. The predicted octanol–water partition coefficient (Wildman–Crippen LogP) is 4.81. The largest absolute Gasteiger partial charge is 0.395 e. The molecule has 3 rings (SSSR count). The molecule has 1 aromatic heterocycles. The quantitative estimate of drug-likeness (QED) is 0.637. The van der Waals surface area contributed by atoms with Crippen molar-refractivity contribution < 1.29 is 5.11 Å². The van der Waals surface area contributed by atoms with E-state index < -0.39 is 0 Å². The number of nitrogens with one attached hydrogen (secondary N) is 1. The number of hydrogen-bond donors (Lipinski definition) is 2. The maximum atomic E-state index is 9.67. The van der Waals surface area contributed by atoms with Gasteiger partial charge in [0.25, 0.3) is 0 Å². The fourth-order valence-corrected chi connectivity index (χ4v) is 3.40. The maximum Gasteiger partial charge on any atom is 0.0584 e. The zero-order chi connectivity index (χ0) is 17.8. The monoisotopic (exact) mass is 356 g/mol. The highest BCUT2D eigenvalue weighted by atomic mass is 35.5. The summed E-state index contributed by atoms with van der Waals surface area (Å²) in [6.07, 6.45) is 0. The molecule has 0 bridgehead atoms. The number of aliphatic hydroxyl groups is 1. The summed E-state index contributed by atoms with van der Waals surface area (Å²) >= 11 is 6.09. The van der Waals surface area contributed by atoms with Gasteiger partial charge in [0, 0.05) is 40.8 Å². The van der Waals surface area contributed by atoms with Crippen LogP contribution in [0, 0.1) is 0 Å². The van der Waals surface area contributed by atoms with E-state index in [1.807, 2.05) is 24.3 Å². The van der Waals surface area contributed by atoms with Gasteiger partial charge in [0.1, 0.15) is 0 Å². The number of aliphatic hydroxyl groups excluding tert-OH is 1. The van der Waals surface area contributed by atoms with Crippen LogP contribution in [0.1, 0.15) is 31.0 Å². The van der Waals surface area contributed by atoms with Gasteiger partial charge in [-0.15, -0.1) is 0 Å². The van der Waals surface area contributed by atoms with Crippen LogP contribution in [-0.2, 0) is 6.54 Å². The van der Waals surface area contributed by atoms with Crippen LogP contribution < -0.4 is 0 Å². The van der Waals surface area contributed by atoms with Crippen molar-refractivity contribution >= 4 is 22.5 Å². The number of benzene rings is 2. The Bertz CT molecular complexity index is 815. The molecule has 1 heterocycles. The molecule has 2 N–H and O–H groups in total. The smallest absolute Gasteiger partial charge is 0.0584 e. The standard InChI is InChI=1S/C21H25ClN2O/c1-15(17-6-4-3-5-7-17)12-24(16(2)14-25)13-20-11-18-10-19(22)8-9-21(18)23-20/h3-11,15-16,23,25H,12-14H2,1-2H3/t15?,16-/m0/s1. The molecule has 2 atom stereocenters. The van der Waals surface area contributed by atoms with Crippen molar-refractivity contribution in [2.75, 3.05) is 13.2 Å². The van der Waals surface area contributed by atoms with Gasteiger partial charge < -0.3 is 10.1 Å². The van der Waals surface area contributed by atoms with Gasteiger partial charge in [-0.05, 0) is 42.7 Å². The molecule has 1 unspecified atom stereocenters. The van der Waals surface area contributed by atoms with E-state index in [2.05, 4.69) is 54.1 Å². The number of hydrogen-bond acceptors (Lipinski definition) is 2. The van der Waals surface area contributed by atoms with Crippen molar-refractivity contribution in [2.45, 2.75) is 32.4 Å². The van der Waals surface area contributed by atoms with E-state index in [4.69, 9.17) is 11.6 Å². The van der Waals surface area contributed by atoms with Crippen LogP contribution in [0.5, 0.6) is 0 Å². The molecule has 3 aromatic rings. The second-order valence-electron chi connectivity index (χ2n) is 6.80. The molecule has 0 fully saturated rings. The van der Waals surface area contributed by atoms with Gasteiger partial charge in [0.15, 0.2) is 0 Å². The van der Waals surface area contributed by atoms with Crippen LogP contribution >= 0.6 is 11.6 Å². The summed E-state index contributed by atoms with van der Waals surface area (Å²) in [5.74, 6) is 0.397. The summed E-state index contributed by atoms with van der Waals surface area (Å²) in [7, 11) is 0. The molecule has 0 aliphatic rings. The van der Waals surface area contributed by atoms with Crippen LogP contribution in [0.15, 0.2) is 54.6 Å². The summed E-state index contributed by atoms with van der Waals surface area (Å²) in [6.45, 7) is 6.11. The minimum atomic E-state index is 0.0983. The lowest BCUT2D eigenvalue weighted by Crippen LogP contribution is -2.37. The number of halogens is 1. The number of aromatic amines is 1. The van der Waals surface area contributed by atoms with Gasteiger partial charge >= 0.3 is 0 Å². The van der Waals surface area contributed by atoms with Crippen molar-refractivity contribution in [3.05, 3.63) is 70.9 Å². The van der Waals surface area contributed by atoms with Crippen LogP contribution in [0.3, 0.4) is 0 Å². The molecule has 25 heavy (non-hydrogen) atoms. The van der Waals surface area contributed by atoms with E-state index >= 15 is 0 Å². The first-order valence-electron chi connectivity index (χ1n) is 8.74. The Morgan fingerprint density at radius 2 is 1.84 bits per heavy atom. The highest BCUT2D eigenvalue weighted by molar-refractivity contribution is 6.31. The molecular weight excluding hydrogens is 332 g/mol. The highest BCUT2D eigenvalue weighted by Crippen LogP contribution is 2.23. The van der Waals surface area contributed by atoms with Gasteiger partial charge in [-0.1, -0.05) is 48.9 Å². The second-order valence-corrected chi connectivity index (χ2v) is 7.24. The predicted molar refractivity (Wildman–Crippen MR) is 105 cm³/mol. The first-order valence-corrected chi connectivity index (χ1v) is 9.11. The van der Waals surface area contributed by atoms with Crippen molar-refractivity contribution in [3.63, 3.8) is 0 Å². The lowest BCUT2D eigenvalue weighted by atomic mass is 10.00. The van der Waals surface area contributed by atoms with Gasteiger partial charge in [-0.25, -0.2) is 0 Å². The first-order chi connectivity index (χ1) is 12.1. The van der Waals surface area contributed by atoms with Crippen molar-refractivity contribution in [1.29, 1.82) is 0 Å². The minimum absolute atomic E-state index is 0.0983. The molecule has 132 valence electrons. The van der Waals surface area contributed by atoms with E-state index in [1.54, 1.807) is 0 Å². The Kier molecular flexibility index (Phi) is 5.79. The molecule has 4 heteroatoms. The molecule has 0 aliphatic heterocycles. The first kappa shape index (κ1) is 18.0. The average Bonchev–Trinajstić information content (AvgIpc) is 3.02. The molecule has 0 radical (unpaired) electrons. The Balaban J connectivity index is 1.78. The van der Waals surface area contributed by atoms with Crippen LogP contribution in [-0.4, -0.2) is 34.2 Å². The van der Waals surface area contributed by atoms with Crippen LogP contribution in [0.25, 0.3) is 10.9 Å². The van der Waals surface area contributed by atoms with Crippen LogP contribution in [0.4, 0.5) is 0 Å². The normalized spacial score (nSPS) is 14.1. The molecule has 0 saturated carbocycles. The Morgan fingerprint density at radius 1 is 1.08 bits per heavy atom. The number of nitrogens with zero attached hydrogens (tertiary/aromatic N) is 1. The van der Waals surface area contributed by atoms with E-state index in [0.717, 1.165) is 34.7 Å². The van der Waals surface area contributed by atoms with E-state index in [-0.39, 0.29) is 12.6 Å². The minimum Gasteiger partial charge on any atom is -0.395 e. The third-order valence-corrected chi connectivity index (χ3v) is 5.01. The van der Waals surface area contributed by atoms with Crippen molar-refractivity contribution in [2.24, 2.45) is 0 Å². The summed E-state index contributed by atoms with van der Waals surface area (Å²) < 4.78 is 0. The van der Waals surface area contributed by atoms with Gasteiger partial charge in [0.2, 0.25) is 0 Å². The second kappa shape index (κ2) is 8.05. The molecule has 2 aromatic carbocycles. The lowest BCUT2D eigenvalue weighted by Gasteiger charge is -2.30. The van der Waals surface area contributed by atoms with E-state index in [9.17, 15) is 5.11 Å². The fourth-order valence-electron chi connectivity index (χ4n) is 3.22. The summed E-state index contributed by atoms with van der Waals surface area (Å²) in [5.41, 5.74) is 3.55. The number of aromatic nitrogens is 1. The summed E-state index contributed by atoms with van der Waals surface area (Å²) in [4.78, 5) is 5.79. The molecule has 0 spiro atoms. The van der Waals surface area contributed by atoms with E-state index in [1.165, 1.54) is 5.56 Å². The summed E-state index contributed by atoms with van der Waals surface area (Å²) in [5, 5.41) is 11.5. The van der Waals surface area contributed by atoms with E-state index in [0.29, 0.717) is 5.92 Å². The van der Waals surface area contributed by atoms with Crippen LogP contribution in [0.2, 0.25) is 5.02 Å². The molecular formula is C21H25ClN2O. The SMILES string of the molecule is CC(CN(Cc1cc2cc(Cl)ccc2[nH]1)[C@@H](C)CO)c1ccccc1. The fraction of sp³-hybridized carbons (Fsp3) is 0.333. The van der Waals surface area contributed by atoms with Gasteiger partial charge in [-0.3, -0.25) is 4.90 Å². The molecule has 0 aliphatic carbocycles. The summed E-state index contributed by atoms with van der Waals surface area (Å²) in [6, 6.07) is 18.6. The number of fused-ring (bicyclic) bond motifs is 1. The zero-order valence-electron chi connectivity index (χ0n) is 14.7. The van der Waals surface area contributed by atoms with Gasteiger partial charge in [-0.2, -0.15) is 0 Å². The van der Waals surface area contributed by atoms with Crippen molar-refractivity contribution in [1.82, 2.24) is 9.88 Å². The average molecular weight is 357 g/mol. The Morgan fingerprint density at radius 3 is 2.56 bits per heavy atom. The lowest BCUT2D eigenvalue weighted by molar-refractivity contribution is 0.122. The van der Waals surface area contributed by atoms with Gasteiger partial charge in [0.05, 0.1) is 6.61 Å². The highest BCUT2D eigenvalue weighted by Gasteiger charge is 2.18. The Labute approximate surface area is 154 Å². The maximum absolute atomic E-state index is 9.67. The molecule has 0 saturated heterocycles. The topological polar surface area (TPSA) is 39.3 Å². The third-order valence-electron chi connectivity index (χ3n) is 4.78.